The largest absolute Gasteiger partial charge is 0.481 e. The second kappa shape index (κ2) is 4.49. The molecule has 2 bridgehead atoms. The maximum absolute atomic E-state index is 13.0. The monoisotopic (exact) mass is 316 g/mol. The number of fused-ring (bicyclic) bond motifs is 3. The molecule has 5 fully saturated rings. The van der Waals surface area contributed by atoms with Crippen molar-refractivity contribution in [3.8, 4) is 0 Å². The Morgan fingerprint density at radius 1 is 1.13 bits per heavy atom. The third kappa shape index (κ3) is 1.66. The quantitative estimate of drug-likeness (QED) is 0.737. The van der Waals surface area contributed by atoms with E-state index in [1.54, 1.807) is 0 Å². The maximum Gasteiger partial charge on any atom is 0.309 e. The smallest absolute Gasteiger partial charge is 0.309 e. The summed E-state index contributed by atoms with van der Waals surface area (Å²) in [5.41, 5.74) is 0.0315. The Hall–Kier alpha value is -1.12. The second-order valence-corrected chi connectivity index (χ2v) is 9.21. The van der Waals surface area contributed by atoms with E-state index in [4.69, 9.17) is 0 Å². The molecule has 0 amide bonds. The molecule has 0 radical (unpaired) electrons. The number of aliphatic carboxylic acids is 1. The molecule has 0 aromatic rings. The molecule has 1 spiro atoms. The zero-order valence-corrected chi connectivity index (χ0v) is 14.4. The van der Waals surface area contributed by atoms with Gasteiger partial charge in [-0.25, -0.2) is 0 Å². The molecule has 6 atom stereocenters. The first-order valence-electron chi connectivity index (χ1n) is 9.23. The first-order chi connectivity index (χ1) is 10.8. The molecule has 0 aromatic heterocycles. The zero-order valence-electron chi connectivity index (χ0n) is 14.4. The van der Waals surface area contributed by atoms with Gasteiger partial charge < -0.3 is 5.11 Å². The van der Waals surface area contributed by atoms with Crippen molar-refractivity contribution < 1.29 is 14.7 Å². The van der Waals surface area contributed by atoms with Crippen LogP contribution in [0.2, 0.25) is 0 Å². The predicted octanol–water partition coefficient (Wildman–Crippen LogP) is 4.22. The second-order valence-electron chi connectivity index (χ2n) is 9.21. The number of carboxylic acids is 1. The molecule has 5 saturated carbocycles. The first kappa shape index (κ1) is 15.4. The minimum absolute atomic E-state index is 0.00132. The number of rotatable bonds is 1. The molecule has 3 heteroatoms. The lowest BCUT2D eigenvalue weighted by atomic mass is 9.36. The van der Waals surface area contributed by atoms with Gasteiger partial charge in [0.2, 0.25) is 0 Å². The Labute approximate surface area is 138 Å². The summed E-state index contributed by atoms with van der Waals surface area (Å²) in [4.78, 5) is 25.1. The molecule has 3 nitrogen and oxygen atoms in total. The van der Waals surface area contributed by atoms with Crippen molar-refractivity contribution in [1.29, 1.82) is 0 Å². The van der Waals surface area contributed by atoms with E-state index in [2.05, 4.69) is 13.5 Å². The van der Waals surface area contributed by atoms with Crippen molar-refractivity contribution >= 4 is 11.8 Å². The van der Waals surface area contributed by atoms with Crippen LogP contribution in [0.25, 0.3) is 0 Å². The van der Waals surface area contributed by atoms with Gasteiger partial charge in [-0.1, -0.05) is 19.9 Å². The fourth-order valence-electron chi connectivity index (χ4n) is 7.28. The van der Waals surface area contributed by atoms with Crippen molar-refractivity contribution in [3.05, 3.63) is 12.2 Å². The predicted molar refractivity (Wildman–Crippen MR) is 87.8 cm³/mol. The van der Waals surface area contributed by atoms with Crippen LogP contribution < -0.4 is 0 Å². The Morgan fingerprint density at radius 2 is 1.83 bits per heavy atom. The molecule has 0 heterocycles. The highest BCUT2D eigenvalue weighted by molar-refractivity contribution is 6.02. The van der Waals surface area contributed by atoms with Gasteiger partial charge in [0.25, 0.3) is 0 Å². The van der Waals surface area contributed by atoms with Crippen molar-refractivity contribution in [1.82, 2.24) is 0 Å². The van der Waals surface area contributed by atoms with Gasteiger partial charge in [-0.2, -0.15) is 0 Å². The van der Waals surface area contributed by atoms with Gasteiger partial charge >= 0.3 is 5.97 Å². The number of ketones is 1. The van der Waals surface area contributed by atoms with Gasteiger partial charge in [-0.3, -0.25) is 9.59 Å². The average molecular weight is 316 g/mol. The number of carboxylic acid groups (broad SMARTS) is 1. The number of hydrogen-bond donors (Lipinski definition) is 1. The maximum atomic E-state index is 13.0. The summed E-state index contributed by atoms with van der Waals surface area (Å²) < 4.78 is 0. The highest BCUT2D eigenvalue weighted by atomic mass is 16.4. The summed E-state index contributed by atoms with van der Waals surface area (Å²) in [7, 11) is 0. The van der Waals surface area contributed by atoms with Crippen LogP contribution in [0.5, 0.6) is 0 Å². The number of allylic oxidation sites excluding steroid dienone is 1. The van der Waals surface area contributed by atoms with Gasteiger partial charge in [0.05, 0.1) is 5.41 Å². The first-order valence-corrected chi connectivity index (χ1v) is 9.23. The topological polar surface area (TPSA) is 54.4 Å². The van der Waals surface area contributed by atoms with Gasteiger partial charge in [-0.15, -0.1) is 0 Å². The van der Waals surface area contributed by atoms with E-state index in [0.717, 1.165) is 56.9 Å². The van der Waals surface area contributed by atoms with Crippen molar-refractivity contribution in [2.24, 2.45) is 34.0 Å². The van der Waals surface area contributed by atoms with E-state index in [1.165, 1.54) is 0 Å². The summed E-state index contributed by atoms with van der Waals surface area (Å²) in [5.74, 6) is 0.609. The molecule has 23 heavy (non-hydrogen) atoms. The number of Topliss-reactive ketones (excluding diaryl/α,β-unsaturated/α-hetero) is 1. The van der Waals surface area contributed by atoms with Crippen LogP contribution in [0.15, 0.2) is 12.2 Å². The van der Waals surface area contributed by atoms with Crippen LogP contribution in [-0.4, -0.2) is 16.9 Å². The average Bonchev–Trinajstić information content (AvgIpc) is 2.51. The Bertz CT molecular complexity index is 608. The molecule has 126 valence electrons. The lowest BCUT2D eigenvalue weighted by Gasteiger charge is -2.66. The molecule has 0 saturated heterocycles. The molecule has 0 aliphatic heterocycles. The zero-order chi connectivity index (χ0) is 16.6. The third-order valence-electron chi connectivity index (χ3n) is 8.50. The van der Waals surface area contributed by atoms with Gasteiger partial charge in [0, 0.05) is 5.41 Å². The van der Waals surface area contributed by atoms with Gasteiger partial charge in [-0.05, 0) is 80.6 Å². The van der Waals surface area contributed by atoms with E-state index in [-0.39, 0.29) is 16.7 Å². The number of hydrogen-bond acceptors (Lipinski definition) is 2. The highest BCUT2D eigenvalue weighted by Gasteiger charge is 2.67. The molecule has 1 unspecified atom stereocenters. The lowest BCUT2D eigenvalue weighted by Crippen LogP contribution is -2.63. The van der Waals surface area contributed by atoms with Crippen LogP contribution in [0.3, 0.4) is 0 Å². The number of carbonyl (C=O) groups excluding carboxylic acids is 1. The Kier molecular flexibility index (Phi) is 3.01. The van der Waals surface area contributed by atoms with E-state index in [1.807, 2.05) is 6.92 Å². The van der Waals surface area contributed by atoms with Gasteiger partial charge in [0.1, 0.15) is 0 Å². The van der Waals surface area contributed by atoms with Crippen molar-refractivity contribution in [3.63, 3.8) is 0 Å². The SMILES string of the molecule is C=C1C(=O)[C@]23CC[C@H]1CC2[C@]1(C)CCC[C@@](C)(C(=O)O)[C@H]1CC3. The third-order valence-corrected chi connectivity index (χ3v) is 8.50. The normalized spacial score (nSPS) is 52.0. The minimum Gasteiger partial charge on any atom is -0.481 e. The fourth-order valence-corrected chi connectivity index (χ4v) is 7.28. The lowest BCUT2D eigenvalue weighted by molar-refractivity contribution is -0.191. The van der Waals surface area contributed by atoms with E-state index in [9.17, 15) is 14.7 Å². The molecule has 5 aliphatic carbocycles. The Balaban J connectivity index is 1.80. The van der Waals surface area contributed by atoms with Crippen LogP contribution in [0.4, 0.5) is 0 Å². The highest BCUT2D eigenvalue weighted by Crippen LogP contribution is 2.71. The van der Waals surface area contributed by atoms with Gasteiger partial charge in [0.15, 0.2) is 5.78 Å². The van der Waals surface area contributed by atoms with E-state index in [0.29, 0.717) is 17.6 Å². The van der Waals surface area contributed by atoms with Crippen LogP contribution in [-0.2, 0) is 9.59 Å². The minimum atomic E-state index is -0.638. The Morgan fingerprint density at radius 3 is 2.52 bits per heavy atom. The molecule has 0 aromatic carbocycles. The van der Waals surface area contributed by atoms with E-state index < -0.39 is 11.4 Å². The van der Waals surface area contributed by atoms with E-state index >= 15 is 0 Å². The molecular weight excluding hydrogens is 288 g/mol. The van der Waals surface area contributed by atoms with Crippen molar-refractivity contribution in [2.75, 3.05) is 0 Å². The summed E-state index contributed by atoms with van der Waals surface area (Å²) in [6.07, 6.45) is 7.79. The summed E-state index contributed by atoms with van der Waals surface area (Å²) in [6.45, 7) is 8.37. The molecule has 1 N–H and O–H groups in total. The van der Waals surface area contributed by atoms with Crippen LogP contribution >= 0.6 is 0 Å². The molecule has 5 rings (SSSR count). The molecule has 5 aliphatic rings. The van der Waals surface area contributed by atoms with Crippen molar-refractivity contribution in [2.45, 2.75) is 65.2 Å². The number of carbonyl (C=O) groups is 2. The standard InChI is InChI=1S/C20H28O3/c1-12-13-5-9-20(16(12)21)10-6-14-18(2,15(20)11-13)7-4-8-19(14,3)17(22)23/h13-15H,1,4-11H2,2-3H3,(H,22,23)/t13-,14-,15?,18+,19+,20-/m0/s1. The summed E-state index contributed by atoms with van der Waals surface area (Å²) in [6, 6.07) is 0. The van der Waals surface area contributed by atoms with Crippen LogP contribution in [0.1, 0.15) is 65.2 Å². The molecular formula is C20H28O3. The summed E-state index contributed by atoms with van der Waals surface area (Å²) >= 11 is 0. The van der Waals surface area contributed by atoms with Crippen LogP contribution in [0, 0.1) is 34.0 Å². The summed E-state index contributed by atoms with van der Waals surface area (Å²) in [5, 5.41) is 9.89. The fraction of sp³-hybridized carbons (Fsp3) is 0.800.